The van der Waals surface area contributed by atoms with Gasteiger partial charge in [-0.3, -0.25) is 0 Å². The number of rotatable bonds is 6. The van der Waals surface area contributed by atoms with E-state index in [0.29, 0.717) is 12.0 Å². The second-order valence-corrected chi connectivity index (χ2v) is 13.0. The fourth-order valence-electron chi connectivity index (χ4n) is 4.88. The largest absolute Gasteiger partial charge is 0.407 e. The molecule has 2 aromatic heterocycles. The van der Waals surface area contributed by atoms with Crippen molar-refractivity contribution in [3.8, 4) is 0 Å². The number of nitrogens with zero attached hydrogens (tertiary/aromatic N) is 4. The van der Waals surface area contributed by atoms with Crippen molar-refractivity contribution in [2.75, 3.05) is 6.61 Å². The molecule has 4 aromatic rings. The van der Waals surface area contributed by atoms with Crippen LogP contribution in [0.2, 0.25) is 5.28 Å². The summed E-state index contributed by atoms with van der Waals surface area (Å²) in [5.74, 6) is 0.559. The predicted octanol–water partition coefficient (Wildman–Crippen LogP) is 5.33. The Labute approximate surface area is 214 Å². The summed E-state index contributed by atoms with van der Waals surface area (Å²) >= 11 is 6.04. The topological polar surface area (TPSA) is 52.8 Å². The molecular weight excluding hydrogens is 472 g/mol. The Morgan fingerprint density at radius 2 is 1.63 bits per heavy atom. The summed E-state index contributed by atoms with van der Waals surface area (Å²) in [7, 11) is -1.30. The van der Waals surface area contributed by atoms with Gasteiger partial charge in [0.25, 0.3) is 9.04 Å². The first-order chi connectivity index (χ1) is 16.9. The van der Waals surface area contributed by atoms with E-state index >= 15 is 0 Å². The molecule has 2 heterocycles. The number of aromatic nitrogens is 4. The highest BCUT2D eigenvalue weighted by Crippen LogP contribution is 2.33. The molecule has 0 spiro atoms. The second-order valence-electron chi connectivity index (χ2n) is 10.5. The minimum atomic E-state index is -1.30. The first kappa shape index (κ1) is 24.2. The summed E-state index contributed by atoms with van der Waals surface area (Å²) in [6, 6.07) is 20.1. The molecule has 0 N–H and O–H groups in total. The van der Waals surface area contributed by atoms with Crippen molar-refractivity contribution >= 4 is 42.0 Å². The van der Waals surface area contributed by atoms with Gasteiger partial charge in [-0.05, 0) is 64.6 Å². The molecule has 35 heavy (non-hydrogen) atoms. The molecule has 0 aliphatic heterocycles. The van der Waals surface area contributed by atoms with Gasteiger partial charge >= 0.3 is 0 Å². The quantitative estimate of drug-likeness (QED) is 0.263. The van der Waals surface area contributed by atoms with Crippen LogP contribution in [0, 0.1) is 5.92 Å². The fraction of sp³-hybridized carbons (Fsp3) is 0.393. The molecule has 0 saturated heterocycles. The summed E-state index contributed by atoms with van der Waals surface area (Å²) in [5, 5.41) is 8.41. The molecule has 2 aromatic carbocycles. The molecule has 0 atom stereocenters. The SMILES string of the molecule is CC(C)(C)c1ccc([Si](OCC2CCC(n3ncc4cnc(Cl)nc43)CC2)c2ccccc2)cc1. The normalized spacial score (nSPS) is 18.9. The third-order valence-electron chi connectivity index (χ3n) is 6.98. The Kier molecular flexibility index (Phi) is 7.05. The highest BCUT2D eigenvalue weighted by Gasteiger charge is 2.27. The first-order valence-electron chi connectivity index (χ1n) is 12.4. The number of halogens is 1. The van der Waals surface area contributed by atoms with E-state index in [-0.39, 0.29) is 10.7 Å². The van der Waals surface area contributed by atoms with Gasteiger partial charge in [0, 0.05) is 12.8 Å². The van der Waals surface area contributed by atoms with E-state index in [4.69, 9.17) is 16.0 Å². The molecule has 1 radical (unpaired) electrons. The lowest BCUT2D eigenvalue weighted by molar-refractivity contribution is 0.184. The zero-order valence-corrected chi connectivity index (χ0v) is 22.4. The van der Waals surface area contributed by atoms with Crippen LogP contribution in [-0.4, -0.2) is 35.4 Å². The van der Waals surface area contributed by atoms with Crippen molar-refractivity contribution in [3.05, 3.63) is 77.8 Å². The average Bonchev–Trinajstić information content (AvgIpc) is 3.28. The van der Waals surface area contributed by atoms with Crippen molar-refractivity contribution in [2.45, 2.75) is 57.9 Å². The van der Waals surface area contributed by atoms with E-state index < -0.39 is 9.04 Å². The van der Waals surface area contributed by atoms with Crippen molar-refractivity contribution in [1.82, 2.24) is 19.7 Å². The monoisotopic (exact) mass is 503 g/mol. The van der Waals surface area contributed by atoms with Gasteiger partial charge in [0.05, 0.1) is 17.6 Å². The van der Waals surface area contributed by atoms with Crippen LogP contribution in [0.15, 0.2) is 67.0 Å². The Balaban J connectivity index is 1.25. The second kappa shape index (κ2) is 10.2. The van der Waals surface area contributed by atoms with Gasteiger partial charge in [-0.15, -0.1) is 0 Å². The van der Waals surface area contributed by atoms with Crippen molar-refractivity contribution in [3.63, 3.8) is 0 Å². The van der Waals surface area contributed by atoms with Crippen LogP contribution in [0.3, 0.4) is 0 Å². The zero-order valence-electron chi connectivity index (χ0n) is 20.6. The van der Waals surface area contributed by atoms with Gasteiger partial charge < -0.3 is 4.43 Å². The number of benzene rings is 2. The van der Waals surface area contributed by atoms with Crippen molar-refractivity contribution in [2.24, 2.45) is 5.92 Å². The number of hydrogen-bond acceptors (Lipinski definition) is 4. The van der Waals surface area contributed by atoms with E-state index in [1.54, 1.807) is 6.20 Å². The first-order valence-corrected chi connectivity index (χ1v) is 14.2. The third-order valence-corrected chi connectivity index (χ3v) is 9.33. The molecule has 1 fully saturated rings. The summed E-state index contributed by atoms with van der Waals surface area (Å²) < 4.78 is 8.77. The molecule has 7 heteroatoms. The lowest BCUT2D eigenvalue weighted by atomic mass is 9.87. The summed E-state index contributed by atoms with van der Waals surface area (Å²) in [6.07, 6.45) is 7.96. The lowest BCUT2D eigenvalue weighted by Gasteiger charge is -2.30. The number of hydrogen-bond donors (Lipinski definition) is 0. The summed E-state index contributed by atoms with van der Waals surface area (Å²) in [6.45, 7) is 7.56. The molecular formula is C28H32ClN4OSi. The Morgan fingerprint density at radius 1 is 0.943 bits per heavy atom. The summed E-state index contributed by atoms with van der Waals surface area (Å²) in [4.78, 5) is 8.48. The molecule has 1 aliphatic rings. The van der Waals surface area contributed by atoms with E-state index in [9.17, 15) is 0 Å². The standard InChI is InChI=1S/C28H32ClN4OSi/c1-28(2,3)22-11-15-25(16-12-22)35(24-7-5-4-6-8-24)34-19-20-9-13-23(14-10-20)33-26-21(18-31-33)17-30-27(29)32-26/h4-8,11-12,15-18,20,23H,9-10,13-14,19H2,1-3H3. The molecule has 1 aliphatic carbocycles. The Morgan fingerprint density at radius 3 is 2.31 bits per heavy atom. The molecule has 5 nitrogen and oxygen atoms in total. The maximum atomic E-state index is 6.73. The van der Waals surface area contributed by atoms with Crippen LogP contribution in [0.25, 0.3) is 11.0 Å². The van der Waals surface area contributed by atoms with Crippen LogP contribution >= 0.6 is 11.6 Å². The van der Waals surface area contributed by atoms with E-state index in [1.807, 2.05) is 10.9 Å². The van der Waals surface area contributed by atoms with Crippen LogP contribution in [0.5, 0.6) is 0 Å². The zero-order chi connectivity index (χ0) is 24.4. The summed E-state index contributed by atoms with van der Waals surface area (Å²) in [5.41, 5.74) is 2.33. The van der Waals surface area contributed by atoms with Gasteiger partial charge in [0.15, 0.2) is 5.65 Å². The highest BCUT2D eigenvalue weighted by molar-refractivity contribution is 6.80. The minimum absolute atomic E-state index is 0.148. The molecule has 0 unspecified atom stereocenters. The molecule has 0 bridgehead atoms. The fourth-order valence-corrected chi connectivity index (χ4v) is 7.05. The van der Waals surface area contributed by atoms with Gasteiger partial charge in [0.1, 0.15) is 0 Å². The highest BCUT2D eigenvalue weighted by atomic mass is 35.5. The van der Waals surface area contributed by atoms with Crippen LogP contribution in [0.4, 0.5) is 0 Å². The smallest absolute Gasteiger partial charge is 0.282 e. The maximum absolute atomic E-state index is 6.73. The van der Waals surface area contributed by atoms with Gasteiger partial charge in [-0.25, -0.2) is 9.67 Å². The molecule has 0 amide bonds. The van der Waals surface area contributed by atoms with Crippen molar-refractivity contribution in [1.29, 1.82) is 0 Å². The average molecular weight is 504 g/mol. The molecule has 5 rings (SSSR count). The van der Waals surface area contributed by atoms with E-state index in [2.05, 4.69) is 90.4 Å². The minimum Gasteiger partial charge on any atom is -0.407 e. The molecule has 181 valence electrons. The Hall–Kier alpha value is -2.54. The Bertz CT molecular complexity index is 1260. The lowest BCUT2D eigenvalue weighted by Crippen LogP contribution is -2.46. The predicted molar refractivity (Wildman–Crippen MR) is 144 cm³/mol. The van der Waals surface area contributed by atoms with Gasteiger partial charge in [-0.1, -0.05) is 75.4 Å². The number of fused-ring (bicyclic) bond motifs is 1. The molecule has 1 saturated carbocycles. The van der Waals surface area contributed by atoms with Crippen molar-refractivity contribution < 1.29 is 4.43 Å². The van der Waals surface area contributed by atoms with Crippen LogP contribution in [-0.2, 0) is 9.84 Å². The third kappa shape index (κ3) is 5.50. The van der Waals surface area contributed by atoms with Crippen LogP contribution in [0.1, 0.15) is 58.1 Å². The van der Waals surface area contributed by atoms with Gasteiger partial charge in [0.2, 0.25) is 5.28 Å². The van der Waals surface area contributed by atoms with Gasteiger partial charge in [-0.2, -0.15) is 10.1 Å². The van der Waals surface area contributed by atoms with Crippen LogP contribution < -0.4 is 10.4 Å². The van der Waals surface area contributed by atoms with E-state index in [1.165, 1.54) is 15.9 Å². The maximum Gasteiger partial charge on any atom is 0.282 e. The van der Waals surface area contributed by atoms with E-state index in [0.717, 1.165) is 43.3 Å².